The molecule has 0 saturated heterocycles. The lowest BCUT2D eigenvalue weighted by molar-refractivity contribution is 0.693. The van der Waals surface area contributed by atoms with Gasteiger partial charge in [0.2, 0.25) is 0 Å². The molecule has 25 heavy (non-hydrogen) atoms. The summed E-state index contributed by atoms with van der Waals surface area (Å²) in [7, 11) is 0. The molecule has 4 rings (SSSR count). The normalized spacial score (nSPS) is 10.7. The maximum Gasteiger partial charge on any atom is 0.186 e. The zero-order valence-corrected chi connectivity index (χ0v) is 13.3. The van der Waals surface area contributed by atoms with Crippen LogP contribution in [0, 0.1) is 11.3 Å². The number of anilines is 1. The van der Waals surface area contributed by atoms with E-state index in [0.717, 1.165) is 16.5 Å². The number of nitriles is 1. The Labute approximate surface area is 144 Å². The second kappa shape index (κ2) is 6.06. The van der Waals surface area contributed by atoms with Crippen molar-refractivity contribution < 1.29 is 0 Å². The highest BCUT2D eigenvalue weighted by atomic mass is 15.3. The van der Waals surface area contributed by atoms with E-state index < -0.39 is 0 Å². The minimum atomic E-state index is 0.412. The van der Waals surface area contributed by atoms with E-state index in [9.17, 15) is 0 Å². The highest BCUT2D eigenvalue weighted by Gasteiger charge is 2.11. The van der Waals surface area contributed by atoms with Crippen LogP contribution in [0.4, 0.5) is 5.82 Å². The van der Waals surface area contributed by atoms with E-state index in [1.54, 1.807) is 16.8 Å². The van der Waals surface area contributed by atoms with Crippen molar-refractivity contribution in [3.05, 3.63) is 71.9 Å². The van der Waals surface area contributed by atoms with Crippen molar-refractivity contribution in [3.8, 4) is 17.5 Å². The molecule has 0 fully saturated rings. The molecule has 0 saturated carbocycles. The molecule has 120 valence electrons. The summed E-state index contributed by atoms with van der Waals surface area (Å²) in [6.45, 7) is 0.572. The highest BCUT2D eigenvalue weighted by molar-refractivity contribution is 5.86. The fourth-order valence-electron chi connectivity index (χ4n) is 2.64. The summed E-state index contributed by atoms with van der Waals surface area (Å²) in [6.07, 6.45) is 1.84. The molecule has 0 spiro atoms. The van der Waals surface area contributed by atoms with Gasteiger partial charge in [0.1, 0.15) is 5.82 Å². The van der Waals surface area contributed by atoms with Gasteiger partial charge in [0.25, 0.3) is 0 Å². The van der Waals surface area contributed by atoms with Crippen molar-refractivity contribution in [3.63, 3.8) is 0 Å². The van der Waals surface area contributed by atoms with Crippen molar-refractivity contribution in [1.82, 2.24) is 19.7 Å². The third kappa shape index (κ3) is 2.91. The Bertz CT molecular complexity index is 1070. The molecule has 0 aliphatic heterocycles. The van der Waals surface area contributed by atoms with Crippen molar-refractivity contribution in [2.75, 3.05) is 5.73 Å². The van der Waals surface area contributed by atoms with Gasteiger partial charge in [0, 0.05) is 11.8 Å². The van der Waals surface area contributed by atoms with Gasteiger partial charge in [-0.15, -0.1) is 0 Å². The Morgan fingerprint density at radius 3 is 2.48 bits per heavy atom. The molecule has 6 heteroatoms. The molecule has 6 nitrogen and oxygen atoms in total. The Balaban J connectivity index is 1.70. The lowest BCUT2D eigenvalue weighted by Gasteiger charge is -2.01. The highest BCUT2D eigenvalue weighted by Crippen LogP contribution is 2.22. The summed E-state index contributed by atoms with van der Waals surface area (Å²) >= 11 is 0. The zero-order chi connectivity index (χ0) is 17.2. The zero-order valence-electron chi connectivity index (χ0n) is 13.3. The van der Waals surface area contributed by atoms with Crippen LogP contribution in [0.15, 0.2) is 60.8 Å². The Hall–Kier alpha value is -3.72. The van der Waals surface area contributed by atoms with Crippen molar-refractivity contribution >= 4 is 16.9 Å². The first-order valence-electron chi connectivity index (χ1n) is 7.78. The number of nitrogen functional groups attached to an aromatic ring is 1. The van der Waals surface area contributed by atoms with E-state index >= 15 is 0 Å². The van der Waals surface area contributed by atoms with Crippen LogP contribution in [0.2, 0.25) is 0 Å². The van der Waals surface area contributed by atoms with Gasteiger partial charge in [-0.3, -0.25) is 4.68 Å². The Morgan fingerprint density at radius 1 is 1.00 bits per heavy atom. The molecule has 0 radical (unpaired) electrons. The van der Waals surface area contributed by atoms with Gasteiger partial charge in [0.15, 0.2) is 11.5 Å². The molecule has 2 heterocycles. The van der Waals surface area contributed by atoms with E-state index in [1.807, 2.05) is 48.7 Å². The van der Waals surface area contributed by atoms with Crippen molar-refractivity contribution in [2.24, 2.45) is 0 Å². The summed E-state index contributed by atoms with van der Waals surface area (Å²) in [5.41, 5.74) is 9.25. The quantitative estimate of drug-likeness (QED) is 0.624. The first kappa shape index (κ1) is 14.8. The van der Waals surface area contributed by atoms with Gasteiger partial charge in [-0.2, -0.15) is 10.4 Å². The number of nitrogens with zero attached hydrogens (tertiary/aromatic N) is 5. The van der Waals surface area contributed by atoms with Crippen molar-refractivity contribution in [2.45, 2.75) is 6.54 Å². The average molecular weight is 326 g/mol. The number of nitrogens with two attached hydrogens (primary N) is 1. The standard InChI is InChI=1S/C19H14N6/c20-10-13-6-8-14(9-7-13)11-25-12-16-17(21)22-18(23-19(16)24-25)15-4-2-1-3-5-15/h1-9,12H,11H2,(H2,21,22,23,24). The van der Waals surface area contributed by atoms with Gasteiger partial charge in [-0.1, -0.05) is 42.5 Å². The van der Waals surface area contributed by atoms with Crippen molar-refractivity contribution in [1.29, 1.82) is 5.26 Å². The van der Waals surface area contributed by atoms with E-state index in [2.05, 4.69) is 21.1 Å². The number of aromatic nitrogens is 4. The first-order valence-corrected chi connectivity index (χ1v) is 7.78. The minimum absolute atomic E-state index is 0.412. The van der Waals surface area contributed by atoms with Crippen LogP contribution in [0.1, 0.15) is 11.1 Å². The summed E-state index contributed by atoms with van der Waals surface area (Å²) in [4.78, 5) is 8.92. The molecule has 2 aromatic carbocycles. The molecule has 0 amide bonds. The van der Waals surface area contributed by atoms with Crippen LogP contribution in [-0.2, 0) is 6.54 Å². The van der Waals surface area contributed by atoms with Crippen LogP contribution in [0.25, 0.3) is 22.4 Å². The second-order valence-electron chi connectivity index (χ2n) is 5.67. The lowest BCUT2D eigenvalue weighted by Crippen LogP contribution is -2.00. The second-order valence-corrected chi connectivity index (χ2v) is 5.67. The smallest absolute Gasteiger partial charge is 0.186 e. The summed E-state index contributed by atoms with van der Waals surface area (Å²) in [5.74, 6) is 0.976. The van der Waals surface area contributed by atoms with E-state index in [1.165, 1.54) is 0 Å². The number of hydrogen-bond donors (Lipinski definition) is 1. The molecule has 2 N–H and O–H groups in total. The summed E-state index contributed by atoms with van der Waals surface area (Å²) in [5, 5.41) is 14.1. The maximum atomic E-state index is 8.87. The molecule has 0 aliphatic carbocycles. The topological polar surface area (TPSA) is 93.4 Å². The van der Waals surface area contributed by atoms with Gasteiger partial charge in [0.05, 0.1) is 23.6 Å². The summed E-state index contributed by atoms with van der Waals surface area (Å²) in [6, 6.07) is 19.2. The third-order valence-electron chi connectivity index (χ3n) is 3.92. The van der Waals surface area contributed by atoms with Gasteiger partial charge < -0.3 is 5.73 Å². The fourth-order valence-corrected chi connectivity index (χ4v) is 2.64. The Morgan fingerprint density at radius 2 is 1.76 bits per heavy atom. The van der Waals surface area contributed by atoms with Crippen LogP contribution in [0.3, 0.4) is 0 Å². The molecule has 2 aromatic heterocycles. The van der Waals surface area contributed by atoms with Crippen LogP contribution in [-0.4, -0.2) is 19.7 Å². The van der Waals surface area contributed by atoms with Gasteiger partial charge >= 0.3 is 0 Å². The van der Waals surface area contributed by atoms with Crippen LogP contribution in [0.5, 0.6) is 0 Å². The van der Waals surface area contributed by atoms with E-state index in [4.69, 9.17) is 11.0 Å². The number of benzene rings is 2. The van der Waals surface area contributed by atoms with Crippen LogP contribution < -0.4 is 5.73 Å². The largest absolute Gasteiger partial charge is 0.383 e. The molecule has 4 aromatic rings. The lowest BCUT2D eigenvalue weighted by atomic mass is 10.1. The molecule has 0 bridgehead atoms. The van der Waals surface area contributed by atoms with Crippen LogP contribution >= 0.6 is 0 Å². The first-order chi connectivity index (χ1) is 12.2. The predicted octanol–water partition coefficient (Wildman–Crippen LogP) is 3.00. The SMILES string of the molecule is N#Cc1ccc(Cn2cc3c(N)nc(-c4ccccc4)nc3n2)cc1. The fraction of sp³-hybridized carbons (Fsp3) is 0.0526. The van der Waals surface area contributed by atoms with Gasteiger partial charge in [-0.05, 0) is 17.7 Å². The molecular formula is C19H14N6. The average Bonchev–Trinajstić information content (AvgIpc) is 3.06. The monoisotopic (exact) mass is 326 g/mol. The van der Waals surface area contributed by atoms with E-state index in [-0.39, 0.29) is 0 Å². The number of fused-ring (bicyclic) bond motifs is 1. The number of hydrogen-bond acceptors (Lipinski definition) is 5. The summed E-state index contributed by atoms with van der Waals surface area (Å²) < 4.78 is 1.78. The third-order valence-corrected chi connectivity index (χ3v) is 3.92. The van der Waals surface area contributed by atoms with Gasteiger partial charge in [-0.25, -0.2) is 9.97 Å². The molecule has 0 atom stereocenters. The molecule has 0 unspecified atom stereocenters. The minimum Gasteiger partial charge on any atom is -0.383 e. The number of rotatable bonds is 3. The van der Waals surface area contributed by atoms with E-state index in [0.29, 0.717) is 29.4 Å². The maximum absolute atomic E-state index is 8.87. The molecule has 0 aliphatic rings. The Kier molecular flexibility index (Phi) is 3.60. The predicted molar refractivity (Wildman–Crippen MR) is 95.4 cm³/mol. The molecular weight excluding hydrogens is 312 g/mol.